The van der Waals surface area contributed by atoms with Gasteiger partial charge in [0, 0.05) is 0 Å². The molecule has 0 amide bonds. The Morgan fingerprint density at radius 3 is 2.55 bits per heavy atom. The molecule has 33 heavy (non-hydrogen) atoms. The first-order valence-corrected chi connectivity index (χ1v) is 11.3. The van der Waals surface area contributed by atoms with Gasteiger partial charge in [0.2, 0.25) is 0 Å². The number of nitrogen functional groups attached to an aromatic ring is 1. The van der Waals surface area contributed by atoms with Crippen LogP contribution in [0.15, 0.2) is 43.0 Å². The topological polar surface area (TPSA) is 138 Å². The second kappa shape index (κ2) is 9.70. The van der Waals surface area contributed by atoms with Crippen LogP contribution in [0.2, 0.25) is 0 Å². The summed E-state index contributed by atoms with van der Waals surface area (Å²) in [5.74, 6) is 0.241. The Hall–Kier alpha value is -2.63. The third kappa shape index (κ3) is 4.57. The highest BCUT2D eigenvalue weighted by Gasteiger charge is 2.45. The van der Waals surface area contributed by atoms with Crippen LogP contribution in [0.5, 0.6) is 0 Å². The van der Waals surface area contributed by atoms with Gasteiger partial charge in [-0.15, -0.1) is 0 Å². The normalized spacial score (nSPS) is 30.1. The average Bonchev–Trinajstić information content (AvgIpc) is 3.39. The van der Waals surface area contributed by atoms with Gasteiger partial charge < -0.3 is 30.2 Å². The Bertz CT molecular complexity index is 1060. The van der Waals surface area contributed by atoms with E-state index >= 15 is 0 Å². The van der Waals surface area contributed by atoms with Crippen LogP contribution in [0.25, 0.3) is 11.2 Å². The predicted octanol–water partition coefficient (Wildman–Crippen LogP) is 1.57. The molecule has 1 saturated heterocycles. The molecule has 176 valence electrons. The molecule has 1 aromatic carbocycles. The molecule has 4 N–H and O–H groups in total. The Labute approximate surface area is 191 Å². The van der Waals surface area contributed by atoms with Crippen molar-refractivity contribution in [3.8, 4) is 0 Å². The molecule has 2 aliphatic rings. The van der Waals surface area contributed by atoms with E-state index in [1.54, 1.807) is 4.57 Å². The molecule has 2 aromatic heterocycles. The van der Waals surface area contributed by atoms with Crippen LogP contribution >= 0.6 is 0 Å². The summed E-state index contributed by atoms with van der Waals surface area (Å²) >= 11 is 0. The van der Waals surface area contributed by atoms with Crippen LogP contribution in [-0.2, 0) is 20.8 Å². The van der Waals surface area contributed by atoms with Crippen molar-refractivity contribution >= 4 is 17.0 Å². The van der Waals surface area contributed by atoms with Crippen molar-refractivity contribution in [2.45, 2.75) is 69.0 Å². The first-order chi connectivity index (χ1) is 16.1. The van der Waals surface area contributed by atoms with Gasteiger partial charge in [-0.3, -0.25) is 4.57 Å². The van der Waals surface area contributed by atoms with E-state index in [9.17, 15) is 10.2 Å². The van der Waals surface area contributed by atoms with E-state index in [2.05, 4.69) is 15.0 Å². The van der Waals surface area contributed by atoms with Gasteiger partial charge in [0.05, 0.1) is 31.7 Å². The molecule has 10 nitrogen and oxygen atoms in total. The Kier molecular flexibility index (Phi) is 6.52. The third-order valence-electron chi connectivity index (χ3n) is 6.42. The van der Waals surface area contributed by atoms with E-state index < -0.39 is 24.5 Å². The molecule has 10 heteroatoms. The van der Waals surface area contributed by atoms with Crippen molar-refractivity contribution in [1.82, 2.24) is 19.5 Å². The number of hydrogen-bond acceptors (Lipinski definition) is 9. The average molecular weight is 456 g/mol. The minimum Gasteiger partial charge on any atom is -0.387 e. The molecule has 0 spiro atoms. The van der Waals surface area contributed by atoms with Crippen LogP contribution in [0.4, 0.5) is 5.82 Å². The second-order valence-corrected chi connectivity index (χ2v) is 8.62. The van der Waals surface area contributed by atoms with E-state index in [4.69, 9.17) is 19.9 Å². The fourth-order valence-corrected chi connectivity index (χ4v) is 4.59. The number of rotatable bonds is 7. The summed E-state index contributed by atoms with van der Waals surface area (Å²) in [6.45, 7) is 0.682. The highest BCUT2D eigenvalue weighted by Crippen LogP contribution is 2.33. The van der Waals surface area contributed by atoms with Crippen molar-refractivity contribution in [1.29, 1.82) is 0 Å². The van der Waals surface area contributed by atoms with Crippen LogP contribution in [0.3, 0.4) is 0 Å². The van der Waals surface area contributed by atoms with Crippen molar-refractivity contribution in [3.63, 3.8) is 0 Å². The third-order valence-corrected chi connectivity index (χ3v) is 6.42. The fraction of sp³-hybridized carbons (Fsp3) is 0.522. The predicted molar refractivity (Wildman–Crippen MR) is 119 cm³/mol. The van der Waals surface area contributed by atoms with Crippen molar-refractivity contribution in [2.75, 3.05) is 12.3 Å². The second-order valence-electron chi connectivity index (χ2n) is 8.62. The van der Waals surface area contributed by atoms with Gasteiger partial charge in [0.15, 0.2) is 17.7 Å². The van der Waals surface area contributed by atoms with E-state index in [-0.39, 0.29) is 24.6 Å². The summed E-state index contributed by atoms with van der Waals surface area (Å²) in [5, 5.41) is 21.3. The van der Waals surface area contributed by atoms with E-state index in [0.29, 0.717) is 17.8 Å². The van der Waals surface area contributed by atoms with Gasteiger partial charge in [-0.1, -0.05) is 43.2 Å². The number of ether oxygens (including phenoxy) is 3. The highest BCUT2D eigenvalue weighted by molar-refractivity contribution is 5.81. The number of aromatic nitrogens is 4. The number of benzene rings is 1. The molecule has 3 aromatic rings. The highest BCUT2D eigenvalue weighted by atomic mass is 16.6. The number of imidazole rings is 1. The maximum absolute atomic E-state index is 10.6. The minimum absolute atomic E-state index is 0.0181. The van der Waals surface area contributed by atoms with Gasteiger partial charge in [-0.2, -0.15) is 0 Å². The number of aliphatic hydroxyl groups excluding tert-OH is 2. The fourth-order valence-electron chi connectivity index (χ4n) is 4.59. The number of hydrogen-bond donors (Lipinski definition) is 3. The largest absolute Gasteiger partial charge is 0.387 e. The van der Waals surface area contributed by atoms with E-state index in [1.807, 2.05) is 30.3 Å². The lowest BCUT2D eigenvalue weighted by Gasteiger charge is -2.32. The zero-order valence-electron chi connectivity index (χ0n) is 18.2. The molecule has 6 atom stereocenters. The molecule has 3 heterocycles. The van der Waals surface area contributed by atoms with Gasteiger partial charge in [-0.25, -0.2) is 15.0 Å². The Morgan fingerprint density at radius 2 is 1.76 bits per heavy atom. The zero-order chi connectivity index (χ0) is 22.8. The van der Waals surface area contributed by atoms with Crippen molar-refractivity contribution in [2.24, 2.45) is 0 Å². The number of fused-ring (bicyclic) bond motifs is 1. The molecular formula is C23H29N5O5. The Morgan fingerprint density at radius 1 is 1.00 bits per heavy atom. The zero-order valence-corrected chi connectivity index (χ0v) is 18.2. The smallest absolute Gasteiger partial charge is 0.167 e. The summed E-state index contributed by atoms with van der Waals surface area (Å²) in [5.41, 5.74) is 7.83. The van der Waals surface area contributed by atoms with Crippen molar-refractivity contribution < 1.29 is 24.4 Å². The number of nitrogens with zero attached hydrogens (tertiary/aromatic N) is 4. The number of aliphatic hydroxyl groups is 2. The van der Waals surface area contributed by atoms with Crippen LogP contribution in [0, 0.1) is 0 Å². The SMILES string of the molecule is Nc1ncnc2c1ncn2[C@@H]1O[C@H](COC2CCCCC2OCc2ccccc2)[C@@H](O)[C@H]1O. The quantitative estimate of drug-likeness (QED) is 0.485. The lowest BCUT2D eigenvalue weighted by molar-refractivity contribution is -0.131. The molecule has 2 unspecified atom stereocenters. The lowest BCUT2D eigenvalue weighted by Crippen LogP contribution is -2.39. The maximum Gasteiger partial charge on any atom is 0.167 e. The van der Waals surface area contributed by atoms with Crippen LogP contribution in [0.1, 0.15) is 37.5 Å². The van der Waals surface area contributed by atoms with Gasteiger partial charge in [0.1, 0.15) is 30.2 Å². The lowest BCUT2D eigenvalue weighted by atomic mass is 9.94. The maximum atomic E-state index is 10.6. The minimum atomic E-state index is -1.16. The molecule has 0 bridgehead atoms. The molecule has 2 fully saturated rings. The van der Waals surface area contributed by atoms with Gasteiger partial charge in [-0.05, 0) is 18.4 Å². The van der Waals surface area contributed by atoms with Gasteiger partial charge in [0.25, 0.3) is 0 Å². The van der Waals surface area contributed by atoms with Crippen LogP contribution in [-0.4, -0.2) is 66.9 Å². The summed E-state index contributed by atoms with van der Waals surface area (Å²) in [7, 11) is 0. The summed E-state index contributed by atoms with van der Waals surface area (Å²) < 4.78 is 19.9. The van der Waals surface area contributed by atoms with Crippen molar-refractivity contribution in [3.05, 3.63) is 48.5 Å². The molecule has 0 radical (unpaired) electrons. The first kappa shape index (κ1) is 22.2. The van der Waals surface area contributed by atoms with E-state index in [0.717, 1.165) is 31.2 Å². The number of anilines is 1. The van der Waals surface area contributed by atoms with E-state index in [1.165, 1.54) is 12.7 Å². The Balaban J connectivity index is 1.22. The molecule has 1 aliphatic carbocycles. The molecular weight excluding hydrogens is 426 g/mol. The number of nitrogens with two attached hydrogens (primary N) is 1. The first-order valence-electron chi connectivity index (χ1n) is 11.3. The summed E-state index contributed by atoms with van der Waals surface area (Å²) in [4.78, 5) is 12.3. The molecule has 1 saturated carbocycles. The van der Waals surface area contributed by atoms with Crippen LogP contribution < -0.4 is 5.73 Å². The van der Waals surface area contributed by atoms with Gasteiger partial charge >= 0.3 is 0 Å². The summed E-state index contributed by atoms with van der Waals surface area (Å²) in [6.07, 6.45) is 2.85. The standard InChI is InChI=1S/C23H29N5O5/c24-21-18-22(26-12-25-21)28(13-27-18)23-20(30)19(29)17(33-23)11-32-16-9-5-4-8-15(16)31-10-14-6-2-1-3-7-14/h1-3,6-7,12-13,15-17,19-20,23,29-30H,4-5,8-11H2,(H2,24,25,26)/t15?,16?,17-,19-,20-,23-/m1/s1. The molecule has 5 rings (SSSR count). The molecule has 1 aliphatic heterocycles. The summed E-state index contributed by atoms with van der Waals surface area (Å²) in [6, 6.07) is 10.1. The monoisotopic (exact) mass is 455 g/mol.